The Morgan fingerprint density at radius 2 is 1.65 bits per heavy atom. The van der Waals surface area contributed by atoms with E-state index >= 15 is 0 Å². The van der Waals surface area contributed by atoms with E-state index in [-0.39, 0.29) is 5.97 Å². The molecule has 0 atom stereocenters. The van der Waals surface area contributed by atoms with Crippen molar-refractivity contribution in [3.05, 3.63) is 89.5 Å². The highest BCUT2D eigenvalue weighted by molar-refractivity contribution is 7.22. The molecular weight excluding hydrogens is 478 g/mol. The largest absolute Gasteiger partial charge is 0.492 e. The van der Waals surface area contributed by atoms with Crippen molar-refractivity contribution in [1.29, 1.82) is 0 Å². The van der Waals surface area contributed by atoms with Crippen molar-refractivity contribution in [3.63, 3.8) is 0 Å². The van der Waals surface area contributed by atoms with Gasteiger partial charge in [0, 0.05) is 22.5 Å². The lowest BCUT2D eigenvalue weighted by molar-refractivity contribution is -0.143. The van der Waals surface area contributed by atoms with Crippen molar-refractivity contribution in [2.75, 3.05) is 32.8 Å². The van der Waals surface area contributed by atoms with E-state index in [1.54, 1.807) is 0 Å². The van der Waals surface area contributed by atoms with Crippen LogP contribution in [0.3, 0.4) is 0 Å². The summed E-state index contributed by atoms with van der Waals surface area (Å²) in [5, 5.41) is 1.32. The highest BCUT2D eigenvalue weighted by Crippen LogP contribution is 2.40. The molecule has 5 heteroatoms. The van der Waals surface area contributed by atoms with Gasteiger partial charge < -0.3 is 9.47 Å². The van der Waals surface area contributed by atoms with Crippen LogP contribution in [0.1, 0.15) is 42.9 Å². The van der Waals surface area contributed by atoms with Gasteiger partial charge in [0.15, 0.2) is 0 Å². The highest BCUT2D eigenvalue weighted by atomic mass is 32.1. The summed E-state index contributed by atoms with van der Waals surface area (Å²) in [6.45, 7) is 6.43. The van der Waals surface area contributed by atoms with Crippen molar-refractivity contribution < 1.29 is 14.3 Å². The average molecular weight is 514 g/mol. The van der Waals surface area contributed by atoms with E-state index in [1.165, 1.54) is 57.6 Å². The minimum Gasteiger partial charge on any atom is -0.492 e. The molecule has 0 radical (unpaired) electrons. The third-order valence-corrected chi connectivity index (χ3v) is 8.28. The van der Waals surface area contributed by atoms with Crippen LogP contribution in [0.5, 0.6) is 5.75 Å². The molecule has 1 saturated heterocycles. The van der Waals surface area contributed by atoms with Crippen LogP contribution in [-0.2, 0) is 22.4 Å². The van der Waals surface area contributed by atoms with Crippen molar-refractivity contribution in [2.24, 2.45) is 0 Å². The first kappa shape index (κ1) is 25.5. The van der Waals surface area contributed by atoms with Crippen LogP contribution in [0.2, 0.25) is 0 Å². The molecule has 2 heterocycles. The third-order valence-electron chi connectivity index (χ3n) is 7.02. The number of hydrogen-bond acceptors (Lipinski definition) is 5. The highest BCUT2D eigenvalue weighted by Gasteiger charge is 2.15. The molecule has 0 unspecified atom stereocenters. The van der Waals surface area contributed by atoms with Crippen LogP contribution in [0.15, 0.2) is 72.8 Å². The second kappa shape index (κ2) is 12.4. The van der Waals surface area contributed by atoms with Gasteiger partial charge in [-0.25, -0.2) is 0 Å². The lowest BCUT2D eigenvalue weighted by atomic mass is 9.98. The number of carbonyl (C=O) groups excluding carboxylic acids is 1. The average Bonchev–Trinajstić information content (AvgIpc) is 3.57. The molecule has 1 aromatic heterocycles. The molecule has 5 rings (SSSR count). The van der Waals surface area contributed by atoms with Crippen LogP contribution in [0.25, 0.3) is 20.5 Å². The van der Waals surface area contributed by atoms with Crippen LogP contribution >= 0.6 is 11.3 Å². The molecule has 0 saturated carbocycles. The van der Waals surface area contributed by atoms with E-state index in [2.05, 4.69) is 77.7 Å². The quantitative estimate of drug-likeness (QED) is 0.200. The lowest BCUT2D eigenvalue weighted by Gasteiger charge is -2.15. The fraction of sp³-hybridized carbons (Fsp3) is 0.344. The van der Waals surface area contributed by atoms with Crippen molar-refractivity contribution in [3.8, 4) is 16.2 Å². The maximum absolute atomic E-state index is 11.7. The van der Waals surface area contributed by atoms with E-state index < -0.39 is 0 Å². The van der Waals surface area contributed by atoms with Crippen LogP contribution in [-0.4, -0.2) is 43.7 Å². The molecule has 192 valence electrons. The Hall–Kier alpha value is -3.15. The SMILES string of the molecule is CCOC(=O)CCc1ccc(-c2sc3ccccc3c2Cc2ccc(OCCN3CCCC3)cc2)cc1. The third kappa shape index (κ3) is 6.60. The number of thiophene rings is 1. The zero-order valence-corrected chi connectivity index (χ0v) is 22.4. The number of fused-ring (bicyclic) bond motifs is 1. The summed E-state index contributed by atoms with van der Waals surface area (Å²) in [6, 6.07) is 25.9. The fourth-order valence-corrected chi connectivity index (χ4v) is 6.24. The first-order valence-corrected chi connectivity index (χ1v) is 14.2. The molecule has 0 amide bonds. The minimum absolute atomic E-state index is 0.138. The van der Waals surface area contributed by atoms with Gasteiger partial charge in [-0.05, 0) is 91.5 Å². The summed E-state index contributed by atoms with van der Waals surface area (Å²) < 4.78 is 12.4. The number of aryl methyl sites for hydroxylation is 1. The minimum atomic E-state index is -0.138. The molecule has 37 heavy (non-hydrogen) atoms. The van der Waals surface area contributed by atoms with Gasteiger partial charge in [0.2, 0.25) is 0 Å². The Bertz CT molecular complexity index is 1300. The van der Waals surface area contributed by atoms with Gasteiger partial charge in [-0.2, -0.15) is 0 Å². The molecule has 0 bridgehead atoms. The number of likely N-dealkylation sites (tertiary alicyclic amines) is 1. The number of nitrogens with zero attached hydrogens (tertiary/aromatic N) is 1. The summed E-state index contributed by atoms with van der Waals surface area (Å²) in [5.41, 5.74) is 5.02. The molecule has 0 spiro atoms. The molecule has 3 aromatic carbocycles. The number of benzene rings is 3. The van der Waals surface area contributed by atoms with Gasteiger partial charge in [-0.1, -0.05) is 54.6 Å². The van der Waals surface area contributed by atoms with E-state index in [1.807, 2.05) is 18.3 Å². The molecule has 4 aromatic rings. The number of carbonyl (C=O) groups is 1. The molecular formula is C32H35NO3S. The molecule has 0 N–H and O–H groups in total. The molecule has 0 aliphatic carbocycles. The Labute approximate surface area is 223 Å². The van der Waals surface area contributed by atoms with Crippen LogP contribution in [0, 0.1) is 0 Å². The summed E-state index contributed by atoms with van der Waals surface area (Å²) in [5.74, 6) is 0.804. The zero-order valence-electron chi connectivity index (χ0n) is 21.6. The smallest absolute Gasteiger partial charge is 0.306 e. The first-order chi connectivity index (χ1) is 18.2. The van der Waals surface area contributed by atoms with Crippen molar-refractivity contribution >= 4 is 27.4 Å². The van der Waals surface area contributed by atoms with Crippen LogP contribution < -0.4 is 4.74 Å². The summed E-state index contributed by atoms with van der Waals surface area (Å²) in [6.07, 6.45) is 4.61. The lowest BCUT2D eigenvalue weighted by Crippen LogP contribution is -2.25. The predicted octanol–water partition coefficient (Wildman–Crippen LogP) is 7.13. The van der Waals surface area contributed by atoms with E-state index in [9.17, 15) is 4.79 Å². The number of esters is 1. The van der Waals surface area contributed by atoms with Crippen molar-refractivity contribution in [2.45, 2.75) is 39.0 Å². The fourth-order valence-electron chi connectivity index (χ4n) is 5.02. The Morgan fingerprint density at radius 1 is 0.919 bits per heavy atom. The standard InChI is InChI=1S/C32H35NO3S/c1-2-35-31(34)18-13-24-9-14-26(15-10-24)32-29(28-7-3-4-8-30(28)37-32)23-25-11-16-27(17-12-25)36-22-21-33-19-5-6-20-33/h3-4,7-12,14-17H,2,5-6,13,18-23H2,1H3. The van der Waals surface area contributed by atoms with Gasteiger partial charge in [0.1, 0.15) is 12.4 Å². The van der Waals surface area contributed by atoms with Gasteiger partial charge in [0.25, 0.3) is 0 Å². The maximum atomic E-state index is 11.7. The Morgan fingerprint density at radius 3 is 2.41 bits per heavy atom. The summed E-state index contributed by atoms with van der Waals surface area (Å²) >= 11 is 1.85. The molecule has 1 fully saturated rings. The second-order valence-electron chi connectivity index (χ2n) is 9.63. The maximum Gasteiger partial charge on any atom is 0.306 e. The van der Waals surface area contributed by atoms with Crippen LogP contribution in [0.4, 0.5) is 0 Å². The number of rotatable bonds is 11. The van der Waals surface area contributed by atoms with Gasteiger partial charge >= 0.3 is 5.97 Å². The van der Waals surface area contributed by atoms with E-state index in [0.717, 1.165) is 30.9 Å². The van der Waals surface area contributed by atoms with E-state index in [0.29, 0.717) is 19.4 Å². The van der Waals surface area contributed by atoms with Gasteiger partial charge in [-0.3, -0.25) is 9.69 Å². The second-order valence-corrected chi connectivity index (χ2v) is 10.7. The molecule has 1 aliphatic rings. The van der Waals surface area contributed by atoms with Gasteiger partial charge in [-0.15, -0.1) is 11.3 Å². The van der Waals surface area contributed by atoms with E-state index in [4.69, 9.17) is 9.47 Å². The Kier molecular flexibility index (Phi) is 8.54. The monoisotopic (exact) mass is 513 g/mol. The first-order valence-electron chi connectivity index (χ1n) is 13.4. The topological polar surface area (TPSA) is 38.8 Å². The molecule has 4 nitrogen and oxygen atoms in total. The number of ether oxygens (including phenoxy) is 2. The number of hydrogen-bond donors (Lipinski definition) is 0. The Balaban J connectivity index is 1.29. The summed E-state index contributed by atoms with van der Waals surface area (Å²) in [4.78, 5) is 15.5. The molecule has 1 aliphatic heterocycles. The van der Waals surface area contributed by atoms with Gasteiger partial charge in [0.05, 0.1) is 6.61 Å². The summed E-state index contributed by atoms with van der Waals surface area (Å²) in [7, 11) is 0. The predicted molar refractivity (Wildman–Crippen MR) is 153 cm³/mol. The zero-order chi connectivity index (χ0) is 25.5. The van der Waals surface area contributed by atoms with Crippen molar-refractivity contribution in [1.82, 2.24) is 4.90 Å². The normalized spacial score (nSPS) is 13.8.